The summed E-state index contributed by atoms with van der Waals surface area (Å²) < 4.78 is 0. The molecule has 0 spiro atoms. The molecule has 0 heterocycles. The van der Waals surface area contributed by atoms with Crippen molar-refractivity contribution in [2.24, 2.45) is 5.92 Å². The second kappa shape index (κ2) is 2.99. The van der Waals surface area contributed by atoms with Gasteiger partial charge in [0.05, 0.1) is 13.6 Å². The van der Waals surface area contributed by atoms with Gasteiger partial charge in [0, 0.05) is 5.92 Å². The maximum atomic E-state index is 10.3. The van der Waals surface area contributed by atoms with Crippen molar-refractivity contribution >= 4 is 0 Å². The molecule has 0 saturated carbocycles. The van der Waals surface area contributed by atoms with E-state index in [2.05, 4.69) is 0 Å². The standard InChI is InChI=1S/C5H13NO/c1-5(2)4-6(3)7/h5-6H,4H2,1-3H3. The summed E-state index contributed by atoms with van der Waals surface area (Å²) in [6, 6.07) is 0. The van der Waals surface area contributed by atoms with E-state index in [0.717, 1.165) is 6.54 Å². The van der Waals surface area contributed by atoms with Crippen molar-refractivity contribution in [1.82, 2.24) is 0 Å². The first-order valence-corrected chi connectivity index (χ1v) is 2.62. The number of hydrogen-bond donors (Lipinski definition) is 1. The van der Waals surface area contributed by atoms with E-state index in [1.54, 1.807) is 7.05 Å². The summed E-state index contributed by atoms with van der Waals surface area (Å²) in [5.74, 6) is 0.525. The zero-order chi connectivity index (χ0) is 5.86. The van der Waals surface area contributed by atoms with Gasteiger partial charge in [0.25, 0.3) is 0 Å². The van der Waals surface area contributed by atoms with E-state index in [9.17, 15) is 5.21 Å². The van der Waals surface area contributed by atoms with Crippen LogP contribution in [-0.4, -0.2) is 13.6 Å². The normalized spacial score (nSPS) is 15.0. The van der Waals surface area contributed by atoms with Crippen LogP contribution in [0.2, 0.25) is 0 Å². The molecule has 2 nitrogen and oxygen atoms in total. The number of nitrogens with one attached hydrogen (secondary N) is 1. The van der Waals surface area contributed by atoms with E-state index < -0.39 is 0 Å². The molecule has 0 aliphatic rings. The van der Waals surface area contributed by atoms with E-state index in [1.807, 2.05) is 13.8 Å². The molecule has 2 heteroatoms. The number of quaternary nitrogens is 1. The van der Waals surface area contributed by atoms with Gasteiger partial charge >= 0.3 is 0 Å². The van der Waals surface area contributed by atoms with Crippen LogP contribution in [0.15, 0.2) is 0 Å². The van der Waals surface area contributed by atoms with E-state index >= 15 is 0 Å². The maximum absolute atomic E-state index is 10.3. The lowest BCUT2D eigenvalue weighted by Crippen LogP contribution is -3.04. The fraction of sp³-hybridized carbons (Fsp3) is 1.00. The molecule has 0 amide bonds. The van der Waals surface area contributed by atoms with Gasteiger partial charge in [-0.2, -0.15) is 0 Å². The largest absolute Gasteiger partial charge is 0.634 e. The summed E-state index contributed by atoms with van der Waals surface area (Å²) in [4.78, 5) is 0. The van der Waals surface area contributed by atoms with Gasteiger partial charge in [-0.3, -0.25) is 0 Å². The van der Waals surface area contributed by atoms with Crippen molar-refractivity contribution in [1.29, 1.82) is 0 Å². The fourth-order valence-electron chi connectivity index (χ4n) is 0.575. The van der Waals surface area contributed by atoms with Crippen molar-refractivity contribution in [3.05, 3.63) is 5.21 Å². The Morgan fingerprint density at radius 3 is 2.00 bits per heavy atom. The maximum Gasteiger partial charge on any atom is 0.0789 e. The van der Waals surface area contributed by atoms with Gasteiger partial charge in [0.2, 0.25) is 0 Å². The molecule has 44 valence electrons. The SMILES string of the molecule is CC(C)C[NH+](C)[O-]. The van der Waals surface area contributed by atoms with E-state index in [1.165, 1.54) is 0 Å². The Bertz CT molecular complexity index is 37.3. The highest BCUT2D eigenvalue weighted by atomic mass is 16.5. The summed E-state index contributed by atoms with van der Waals surface area (Å²) in [6.07, 6.45) is 0. The van der Waals surface area contributed by atoms with Crippen LogP contribution < -0.4 is 5.06 Å². The fourth-order valence-corrected chi connectivity index (χ4v) is 0.575. The molecule has 0 bridgehead atoms. The zero-order valence-electron chi connectivity index (χ0n) is 5.19. The third-order valence-electron chi connectivity index (χ3n) is 0.696. The lowest BCUT2D eigenvalue weighted by molar-refractivity contribution is -0.829. The van der Waals surface area contributed by atoms with Crippen molar-refractivity contribution in [3.63, 3.8) is 0 Å². The molecular formula is C5H13NO. The van der Waals surface area contributed by atoms with Gasteiger partial charge in [-0.1, -0.05) is 13.8 Å². The third-order valence-corrected chi connectivity index (χ3v) is 0.696. The first-order chi connectivity index (χ1) is 3.13. The first kappa shape index (κ1) is 6.92. The second-order valence-corrected chi connectivity index (χ2v) is 2.30. The molecule has 0 saturated heterocycles. The minimum atomic E-state index is 0.287. The lowest BCUT2D eigenvalue weighted by Gasteiger charge is -2.17. The monoisotopic (exact) mass is 103 g/mol. The van der Waals surface area contributed by atoms with Crippen LogP contribution in [0.3, 0.4) is 0 Å². The van der Waals surface area contributed by atoms with Gasteiger partial charge in [-0.15, -0.1) is 0 Å². The van der Waals surface area contributed by atoms with Crippen LogP contribution in [-0.2, 0) is 0 Å². The molecule has 0 aliphatic carbocycles. The van der Waals surface area contributed by atoms with Crippen molar-refractivity contribution in [3.8, 4) is 0 Å². The quantitative estimate of drug-likeness (QED) is 0.475. The van der Waals surface area contributed by atoms with E-state index in [4.69, 9.17) is 0 Å². The molecule has 0 fully saturated rings. The summed E-state index contributed by atoms with van der Waals surface area (Å²) in [6.45, 7) is 4.81. The predicted octanol–water partition coefficient (Wildman–Crippen LogP) is -0.345. The van der Waals surface area contributed by atoms with E-state index in [-0.39, 0.29) is 5.06 Å². The van der Waals surface area contributed by atoms with Crippen molar-refractivity contribution in [2.45, 2.75) is 13.8 Å². The highest BCUT2D eigenvalue weighted by Gasteiger charge is 1.92. The third kappa shape index (κ3) is 5.92. The predicted molar refractivity (Wildman–Crippen MR) is 30.0 cm³/mol. The van der Waals surface area contributed by atoms with Crippen LogP contribution in [0.1, 0.15) is 13.8 Å². The molecule has 0 aromatic rings. The molecule has 0 aromatic carbocycles. The molecule has 0 aliphatic heterocycles. The first-order valence-electron chi connectivity index (χ1n) is 2.62. The minimum absolute atomic E-state index is 0.287. The van der Waals surface area contributed by atoms with Crippen molar-refractivity contribution in [2.75, 3.05) is 13.6 Å². The molecule has 0 radical (unpaired) electrons. The number of rotatable bonds is 2. The Kier molecular flexibility index (Phi) is 2.96. The number of hydrogen-bond acceptors (Lipinski definition) is 1. The summed E-state index contributed by atoms with van der Waals surface area (Å²) in [7, 11) is 1.62. The van der Waals surface area contributed by atoms with Crippen LogP contribution in [0.5, 0.6) is 0 Å². The van der Waals surface area contributed by atoms with Gasteiger partial charge in [-0.05, 0) is 0 Å². The van der Waals surface area contributed by atoms with Crippen LogP contribution in [0, 0.1) is 11.1 Å². The van der Waals surface area contributed by atoms with Crippen LogP contribution in [0.25, 0.3) is 0 Å². The van der Waals surface area contributed by atoms with Gasteiger partial charge < -0.3 is 10.3 Å². The highest BCUT2D eigenvalue weighted by molar-refractivity contribution is 4.34. The molecule has 1 N–H and O–H groups in total. The van der Waals surface area contributed by atoms with Crippen LogP contribution in [0.4, 0.5) is 0 Å². The zero-order valence-corrected chi connectivity index (χ0v) is 5.19. The average Bonchev–Trinajstić information content (AvgIpc) is 1.27. The van der Waals surface area contributed by atoms with Crippen molar-refractivity contribution < 1.29 is 5.06 Å². The van der Waals surface area contributed by atoms with Crippen LogP contribution >= 0.6 is 0 Å². The molecule has 1 unspecified atom stereocenters. The van der Waals surface area contributed by atoms with E-state index in [0.29, 0.717) is 5.92 Å². The molecule has 0 rings (SSSR count). The second-order valence-electron chi connectivity index (χ2n) is 2.30. The number of hydroxylamine groups is 2. The lowest BCUT2D eigenvalue weighted by atomic mass is 10.2. The average molecular weight is 103 g/mol. The Hall–Kier alpha value is -0.0800. The van der Waals surface area contributed by atoms with Gasteiger partial charge in [0.15, 0.2) is 0 Å². The Morgan fingerprint density at radius 2 is 2.00 bits per heavy atom. The summed E-state index contributed by atoms with van der Waals surface area (Å²) >= 11 is 0. The Balaban J connectivity index is 2.95. The highest BCUT2D eigenvalue weighted by Crippen LogP contribution is 1.81. The molecule has 7 heavy (non-hydrogen) atoms. The van der Waals surface area contributed by atoms with Gasteiger partial charge in [-0.25, -0.2) is 0 Å². The molecular weight excluding hydrogens is 90.1 g/mol. The Morgan fingerprint density at radius 1 is 1.57 bits per heavy atom. The topological polar surface area (TPSA) is 27.5 Å². The summed E-state index contributed by atoms with van der Waals surface area (Å²) in [5.41, 5.74) is 0. The molecule has 0 aromatic heterocycles. The van der Waals surface area contributed by atoms with Gasteiger partial charge in [0.1, 0.15) is 0 Å². The minimum Gasteiger partial charge on any atom is -0.634 e. The molecule has 1 atom stereocenters. The smallest absolute Gasteiger partial charge is 0.0789 e. The summed E-state index contributed by atoms with van der Waals surface area (Å²) in [5, 5.41) is 10.5. The Labute approximate surface area is 44.7 Å².